The molecule has 4 atom stereocenters. The molecule has 134 valence electrons. The van der Waals surface area contributed by atoms with Crippen molar-refractivity contribution in [1.82, 2.24) is 0 Å². The Morgan fingerprint density at radius 3 is 2.62 bits per heavy atom. The Morgan fingerprint density at radius 1 is 1.12 bits per heavy atom. The summed E-state index contributed by atoms with van der Waals surface area (Å²) in [5, 5.41) is 8.62. The maximum Gasteiger partial charge on any atom is 0.303 e. The average Bonchev–Trinajstić information content (AvgIpc) is 2.85. The van der Waals surface area contributed by atoms with Gasteiger partial charge < -0.3 is 5.11 Å². The van der Waals surface area contributed by atoms with E-state index in [0.717, 1.165) is 38.5 Å². The Kier molecular flexibility index (Phi) is 7.19. The van der Waals surface area contributed by atoms with Crippen LogP contribution in [0.4, 0.5) is 0 Å². The van der Waals surface area contributed by atoms with Gasteiger partial charge in [-0.3, -0.25) is 14.4 Å². The van der Waals surface area contributed by atoms with E-state index < -0.39 is 5.97 Å². The van der Waals surface area contributed by atoms with Crippen LogP contribution in [0.1, 0.15) is 71.1 Å². The van der Waals surface area contributed by atoms with Crippen LogP contribution >= 0.6 is 0 Å². The molecular formula is C20H30O4. The van der Waals surface area contributed by atoms with E-state index >= 15 is 0 Å². The molecule has 0 aliphatic heterocycles. The molecule has 0 unspecified atom stereocenters. The summed E-state index contributed by atoms with van der Waals surface area (Å²) in [4.78, 5) is 35.2. The predicted octanol–water partition coefficient (Wildman–Crippen LogP) is 4.18. The number of hydrogen-bond acceptors (Lipinski definition) is 3. The van der Waals surface area contributed by atoms with Gasteiger partial charge in [-0.1, -0.05) is 31.9 Å². The molecule has 4 heteroatoms. The fourth-order valence-corrected chi connectivity index (χ4v) is 4.50. The van der Waals surface area contributed by atoms with Crippen molar-refractivity contribution in [3.8, 4) is 0 Å². The summed E-state index contributed by atoms with van der Waals surface area (Å²) in [7, 11) is 0. The molecule has 2 fully saturated rings. The number of ketones is 2. The lowest BCUT2D eigenvalue weighted by molar-refractivity contribution is -0.137. The van der Waals surface area contributed by atoms with Crippen LogP contribution in [0, 0.1) is 23.7 Å². The summed E-state index contributed by atoms with van der Waals surface area (Å²) in [6.07, 6.45) is 11.6. The van der Waals surface area contributed by atoms with Crippen molar-refractivity contribution in [3.63, 3.8) is 0 Å². The van der Waals surface area contributed by atoms with E-state index in [4.69, 9.17) is 5.11 Å². The standard InChI is InChI=1S/C20H30O4/c1-2-3-8-16-17-13-19(22)15(14(17)11-12-18(16)21)9-6-4-5-7-10-20(23)24/h4,6,14-17H,2-3,5,7-13H2,1H3,(H,23,24)/b6-4+/t14-,15-,16+,17+/m1/s1. The first-order chi connectivity index (χ1) is 11.5. The molecule has 0 heterocycles. The Bertz CT molecular complexity index is 494. The van der Waals surface area contributed by atoms with E-state index in [9.17, 15) is 14.4 Å². The van der Waals surface area contributed by atoms with E-state index in [1.165, 1.54) is 0 Å². The van der Waals surface area contributed by atoms with Gasteiger partial charge in [-0.2, -0.15) is 0 Å². The lowest BCUT2D eigenvalue weighted by Gasteiger charge is -2.34. The van der Waals surface area contributed by atoms with Crippen molar-refractivity contribution in [2.75, 3.05) is 0 Å². The number of unbranched alkanes of at least 4 members (excludes halogenated alkanes) is 2. The van der Waals surface area contributed by atoms with Crippen molar-refractivity contribution in [2.24, 2.45) is 23.7 Å². The molecule has 0 aromatic carbocycles. The van der Waals surface area contributed by atoms with Crippen molar-refractivity contribution < 1.29 is 19.5 Å². The molecule has 2 rings (SSSR count). The van der Waals surface area contributed by atoms with Crippen molar-refractivity contribution >= 4 is 17.5 Å². The molecule has 2 aliphatic rings. The summed E-state index contributed by atoms with van der Waals surface area (Å²) >= 11 is 0. The summed E-state index contributed by atoms with van der Waals surface area (Å²) in [6, 6.07) is 0. The van der Waals surface area contributed by atoms with Crippen LogP contribution in [0.3, 0.4) is 0 Å². The third-order valence-corrected chi connectivity index (χ3v) is 5.76. The molecule has 0 amide bonds. The van der Waals surface area contributed by atoms with Crippen LogP contribution in [0.25, 0.3) is 0 Å². The number of hydrogen-bond donors (Lipinski definition) is 1. The van der Waals surface area contributed by atoms with Crippen molar-refractivity contribution in [1.29, 1.82) is 0 Å². The van der Waals surface area contributed by atoms with Gasteiger partial charge in [0.15, 0.2) is 0 Å². The largest absolute Gasteiger partial charge is 0.481 e. The molecule has 4 nitrogen and oxygen atoms in total. The fourth-order valence-electron chi connectivity index (χ4n) is 4.50. The minimum Gasteiger partial charge on any atom is -0.481 e. The van der Waals surface area contributed by atoms with Crippen molar-refractivity contribution in [2.45, 2.75) is 71.1 Å². The average molecular weight is 334 g/mol. The summed E-state index contributed by atoms with van der Waals surface area (Å²) in [5.41, 5.74) is 0. The van der Waals surface area contributed by atoms with Gasteiger partial charge >= 0.3 is 5.97 Å². The van der Waals surface area contributed by atoms with Gasteiger partial charge in [-0.25, -0.2) is 0 Å². The van der Waals surface area contributed by atoms with Gasteiger partial charge in [0.05, 0.1) is 0 Å². The summed E-state index contributed by atoms with van der Waals surface area (Å²) in [5.74, 6) is 0.775. The number of carboxylic acids is 1. The Hall–Kier alpha value is -1.45. The summed E-state index contributed by atoms with van der Waals surface area (Å²) < 4.78 is 0. The highest BCUT2D eigenvalue weighted by Gasteiger charge is 2.48. The summed E-state index contributed by atoms with van der Waals surface area (Å²) in [6.45, 7) is 2.14. The normalized spacial score (nSPS) is 30.0. The van der Waals surface area contributed by atoms with E-state index in [-0.39, 0.29) is 24.2 Å². The molecule has 1 N–H and O–H groups in total. The molecule has 0 aromatic rings. The molecule has 24 heavy (non-hydrogen) atoms. The number of carbonyl (C=O) groups excluding carboxylic acids is 2. The molecular weight excluding hydrogens is 304 g/mol. The van der Waals surface area contributed by atoms with Gasteiger partial charge in [0.25, 0.3) is 0 Å². The second-order valence-corrected chi connectivity index (χ2v) is 7.35. The number of fused-ring (bicyclic) bond motifs is 1. The zero-order valence-corrected chi connectivity index (χ0v) is 14.7. The van der Waals surface area contributed by atoms with Crippen LogP contribution in [0.2, 0.25) is 0 Å². The minimum atomic E-state index is -0.762. The van der Waals surface area contributed by atoms with E-state index in [2.05, 4.69) is 6.92 Å². The third kappa shape index (κ3) is 4.78. The molecule has 2 saturated carbocycles. The Labute approximate surface area is 144 Å². The van der Waals surface area contributed by atoms with Gasteiger partial charge in [0.2, 0.25) is 0 Å². The Morgan fingerprint density at radius 2 is 1.92 bits per heavy atom. The van der Waals surface area contributed by atoms with Gasteiger partial charge in [0.1, 0.15) is 11.6 Å². The van der Waals surface area contributed by atoms with Crippen molar-refractivity contribution in [3.05, 3.63) is 12.2 Å². The molecule has 2 aliphatic carbocycles. The lowest BCUT2D eigenvalue weighted by atomic mass is 9.69. The molecule has 0 aromatic heterocycles. The zero-order valence-electron chi connectivity index (χ0n) is 14.7. The number of carboxylic acid groups (broad SMARTS) is 1. The number of aliphatic carboxylic acids is 1. The van der Waals surface area contributed by atoms with Crippen LogP contribution in [-0.2, 0) is 14.4 Å². The Balaban J connectivity index is 1.88. The first-order valence-electron chi connectivity index (χ1n) is 9.46. The smallest absolute Gasteiger partial charge is 0.303 e. The lowest BCUT2D eigenvalue weighted by Crippen LogP contribution is -2.34. The van der Waals surface area contributed by atoms with Gasteiger partial charge in [-0.05, 0) is 43.9 Å². The first kappa shape index (κ1) is 18.9. The second kappa shape index (κ2) is 9.14. The molecule has 0 radical (unpaired) electrons. The molecule has 0 saturated heterocycles. The van der Waals surface area contributed by atoms with Crippen LogP contribution < -0.4 is 0 Å². The zero-order chi connectivity index (χ0) is 17.5. The maximum absolute atomic E-state index is 12.5. The first-order valence-corrected chi connectivity index (χ1v) is 9.46. The maximum atomic E-state index is 12.5. The number of Topliss-reactive ketones (excluding diaryl/α,β-unsaturated/α-hetero) is 2. The molecule has 0 spiro atoms. The highest BCUT2D eigenvalue weighted by atomic mass is 16.4. The van der Waals surface area contributed by atoms with E-state index in [0.29, 0.717) is 36.7 Å². The van der Waals surface area contributed by atoms with Gasteiger partial charge in [-0.15, -0.1) is 0 Å². The third-order valence-electron chi connectivity index (χ3n) is 5.76. The fraction of sp³-hybridized carbons (Fsp3) is 0.750. The van der Waals surface area contributed by atoms with Crippen LogP contribution in [0.5, 0.6) is 0 Å². The number of rotatable bonds is 9. The van der Waals surface area contributed by atoms with Crippen LogP contribution in [0.15, 0.2) is 12.2 Å². The van der Waals surface area contributed by atoms with E-state index in [1.807, 2.05) is 12.2 Å². The van der Waals surface area contributed by atoms with Crippen LogP contribution in [-0.4, -0.2) is 22.6 Å². The predicted molar refractivity (Wildman–Crippen MR) is 92.6 cm³/mol. The van der Waals surface area contributed by atoms with E-state index in [1.54, 1.807) is 0 Å². The number of allylic oxidation sites excluding steroid dienone is 2. The number of carbonyl (C=O) groups is 3. The minimum absolute atomic E-state index is 0.0722. The quantitative estimate of drug-likeness (QED) is 0.507. The highest BCUT2D eigenvalue weighted by Crippen LogP contribution is 2.48. The highest BCUT2D eigenvalue weighted by molar-refractivity contribution is 5.88. The topological polar surface area (TPSA) is 71.4 Å². The van der Waals surface area contributed by atoms with Gasteiger partial charge in [0, 0.05) is 31.1 Å². The second-order valence-electron chi connectivity index (χ2n) is 7.35. The SMILES string of the molecule is CCCC[C@@H]1C(=O)CC[C@H]2[C@@H]1CC(=O)[C@@H]2C/C=C/CCCC(=O)O. The monoisotopic (exact) mass is 334 g/mol. The molecule has 0 bridgehead atoms.